The van der Waals surface area contributed by atoms with Gasteiger partial charge in [0.25, 0.3) is 0 Å². The maximum atomic E-state index is 5.77. The number of nitrogens with two attached hydrogens (primary N) is 1. The predicted molar refractivity (Wildman–Crippen MR) is 66.3 cm³/mol. The summed E-state index contributed by atoms with van der Waals surface area (Å²) in [5, 5.41) is 0. The van der Waals surface area contributed by atoms with Crippen LogP contribution in [0.1, 0.15) is 17.7 Å². The van der Waals surface area contributed by atoms with E-state index < -0.39 is 0 Å². The van der Waals surface area contributed by atoms with Crippen molar-refractivity contribution in [2.75, 3.05) is 6.54 Å². The first kappa shape index (κ1) is 11.0. The minimum Gasteiger partial charge on any atom is -0.461 e. The van der Waals surface area contributed by atoms with Crippen molar-refractivity contribution in [2.45, 2.75) is 19.8 Å². The van der Waals surface area contributed by atoms with E-state index in [1.165, 1.54) is 5.56 Å². The van der Waals surface area contributed by atoms with Gasteiger partial charge in [0.1, 0.15) is 11.5 Å². The van der Waals surface area contributed by atoms with Gasteiger partial charge in [0.2, 0.25) is 0 Å². The fraction of sp³-hybridized carbons (Fsp3) is 0.286. The van der Waals surface area contributed by atoms with E-state index in [2.05, 4.69) is 25.1 Å². The molecule has 2 nitrogen and oxygen atoms in total. The Hall–Kier alpha value is -1.54. The van der Waals surface area contributed by atoms with Crippen molar-refractivity contribution in [2.24, 2.45) is 5.73 Å². The summed E-state index contributed by atoms with van der Waals surface area (Å²) >= 11 is 0. The van der Waals surface area contributed by atoms with Gasteiger partial charge < -0.3 is 10.2 Å². The first-order valence-electron chi connectivity index (χ1n) is 5.65. The van der Waals surface area contributed by atoms with Gasteiger partial charge >= 0.3 is 0 Å². The average Bonchev–Trinajstić information content (AvgIpc) is 2.75. The Kier molecular flexibility index (Phi) is 3.42. The topological polar surface area (TPSA) is 39.2 Å². The second kappa shape index (κ2) is 4.99. The molecule has 0 aliphatic heterocycles. The average molecular weight is 215 g/mol. The van der Waals surface area contributed by atoms with E-state index >= 15 is 0 Å². The van der Waals surface area contributed by atoms with Crippen LogP contribution in [0.15, 0.2) is 40.8 Å². The molecule has 0 atom stereocenters. The molecule has 0 spiro atoms. The van der Waals surface area contributed by atoms with Crippen LogP contribution < -0.4 is 5.73 Å². The maximum absolute atomic E-state index is 5.77. The van der Waals surface area contributed by atoms with Crippen LogP contribution in [0, 0.1) is 6.92 Å². The lowest BCUT2D eigenvalue weighted by molar-refractivity contribution is 0.515. The molecule has 1 heterocycles. The summed E-state index contributed by atoms with van der Waals surface area (Å²) in [7, 11) is 0. The lowest BCUT2D eigenvalue weighted by atomic mass is 10.1. The van der Waals surface area contributed by atoms with Crippen LogP contribution in [0.25, 0.3) is 11.3 Å². The van der Waals surface area contributed by atoms with Gasteiger partial charge in [-0.05, 0) is 38.1 Å². The number of benzene rings is 1. The summed E-state index contributed by atoms with van der Waals surface area (Å²) in [5.41, 5.74) is 7.86. The molecule has 84 valence electrons. The zero-order chi connectivity index (χ0) is 11.4. The van der Waals surface area contributed by atoms with E-state index in [0.29, 0.717) is 6.54 Å². The molecular formula is C14H17NO. The summed E-state index contributed by atoms with van der Waals surface area (Å²) in [6.45, 7) is 2.79. The maximum Gasteiger partial charge on any atom is 0.134 e. The molecule has 1 aromatic carbocycles. The molecule has 0 aliphatic rings. The van der Waals surface area contributed by atoms with E-state index in [-0.39, 0.29) is 0 Å². The third kappa shape index (κ3) is 2.52. The number of aryl methyl sites for hydroxylation is 2. The van der Waals surface area contributed by atoms with Crippen LogP contribution in [-0.2, 0) is 6.42 Å². The van der Waals surface area contributed by atoms with Gasteiger partial charge in [-0.3, -0.25) is 0 Å². The summed E-state index contributed by atoms with van der Waals surface area (Å²) in [4.78, 5) is 0. The molecule has 2 heteroatoms. The van der Waals surface area contributed by atoms with Crippen molar-refractivity contribution in [1.29, 1.82) is 0 Å². The molecular weight excluding hydrogens is 198 g/mol. The second-order valence-corrected chi connectivity index (χ2v) is 4.03. The molecule has 2 aromatic rings. The Morgan fingerprint density at radius 3 is 2.81 bits per heavy atom. The summed E-state index contributed by atoms with van der Waals surface area (Å²) in [6.07, 6.45) is 1.89. The standard InChI is InChI=1S/C14H17NO/c1-11-4-2-5-12(10-11)14-8-7-13(16-14)6-3-9-15/h2,4-5,7-8,10H,3,6,9,15H2,1H3. The first-order valence-corrected chi connectivity index (χ1v) is 5.65. The molecule has 0 amide bonds. The van der Waals surface area contributed by atoms with Gasteiger partial charge in [-0.1, -0.05) is 23.8 Å². The third-order valence-electron chi connectivity index (χ3n) is 2.59. The Morgan fingerprint density at radius 2 is 2.06 bits per heavy atom. The summed E-state index contributed by atoms with van der Waals surface area (Å²) in [6, 6.07) is 12.4. The van der Waals surface area contributed by atoms with Crippen molar-refractivity contribution >= 4 is 0 Å². The predicted octanol–water partition coefficient (Wildman–Crippen LogP) is 3.15. The highest BCUT2D eigenvalue weighted by molar-refractivity contribution is 5.58. The van der Waals surface area contributed by atoms with E-state index in [0.717, 1.165) is 29.9 Å². The van der Waals surface area contributed by atoms with Gasteiger partial charge in [0, 0.05) is 12.0 Å². The molecule has 2 rings (SSSR count). The SMILES string of the molecule is Cc1cccc(-c2ccc(CCCN)o2)c1. The van der Waals surface area contributed by atoms with Crippen LogP contribution in [0.5, 0.6) is 0 Å². The number of rotatable bonds is 4. The minimum atomic E-state index is 0.709. The molecule has 0 bridgehead atoms. The van der Waals surface area contributed by atoms with Gasteiger partial charge in [-0.2, -0.15) is 0 Å². The molecule has 1 aromatic heterocycles. The van der Waals surface area contributed by atoms with E-state index in [4.69, 9.17) is 10.2 Å². The number of hydrogen-bond acceptors (Lipinski definition) is 2. The molecule has 16 heavy (non-hydrogen) atoms. The van der Waals surface area contributed by atoms with Crippen LogP contribution >= 0.6 is 0 Å². The Bertz CT molecular complexity index is 459. The highest BCUT2D eigenvalue weighted by Crippen LogP contribution is 2.23. The quantitative estimate of drug-likeness (QED) is 0.851. The van der Waals surface area contributed by atoms with Gasteiger partial charge in [-0.15, -0.1) is 0 Å². The van der Waals surface area contributed by atoms with Crippen LogP contribution in [-0.4, -0.2) is 6.54 Å². The smallest absolute Gasteiger partial charge is 0.134 e. The van der Waals surface area contributed by atoms with E-state index in [1.807, 2.05) is 18.2 Å². The van der Waals surface area contributed by atoms with Crippen molar-refractivity contribution in [3.63, 3.8) is 0 Å². The number of furan rings is 1. The van der Waals surface area contributed by atoms with Crippen molar-refractivity contribution in [3.8, 4) is 11.3 Å². The minimum absolute atomic E-state index is 0.709. The fourth-order valence-electron chi connectivity index (χ4n) is 1.74. The monoisotopic (exact) mass is 215 g/mol. The lowest BCUT2D eigenvalue weighted by Crippen LogP contribution is -1.99. The second-order valence-electron chi connectivity index (χ2n) is 4.03. The van der Waals surface area contributed by atoms with Crippen LogP contribution in [0.2, 0.25) is 0 Å². The fourth-order valence-corrected chi connectivity index (χ4v) is 1.74. The highest BCUT2D eigenvalue weighted by Gasteiger charge is 2.04. The van der Waals surface area contributed by atoms with E-state index in [9.17, 15) is 0 Å². The largest absolute Gasteiger partial charge is 0.461 e. The first-order chi connectivity index (χ1) is 7.79. The van der Waals surface area contributed by atoms with Crippen molar-refractivity contribution in [1.82, 2.24) is 0 Å². The molecule has 0 radical (unpaired) electrons. The summed E-state index contributed by atoms with van der Waals surface area (Å²) in [5.74, 6) is 1.96. The molecule has 2 N–H and O–H groups in total. The summed E-state index contributed by atoms with van der Waals surface area (Å²) < 4.78 is 5.77. The van der Waals surface area contributed by atoms with Gasteiger partial charge in [-0.25, -0.2) is 0 Å². The Balaban J connectivity index is 2.18. The highest BCUT2D eigenvalue weighted by atomic mass is 16.3. The normalized spacial score (nSPS) is 10.6. The van der Waals surface area contributed by atoms with Gasteiger partial charge in [0.05, 0.1) is 0 Å². The Labute approximate surface area is 96.1 Å². The van der Waals surface area contributed by atoms with Crippen molar-refractivity contribution < 1.29 is 4.42 Å². The Morgan fingerprint density at radius 1 is 1.19 bits per heavy atom. The van der Waals surface area contributed by atoms with Crippen molar-refractivity contribution in [3.05, 3.63) is 47.7 Å². The van der Waals surface area contributed by atoms with Crippen LogP contribution in [0.4, 0.5) is 0 Å². The molecule has 0 saturated heterocycles. The number of hydrogen-bond donors (Lipinski definition) is 1. The molecule has 0 unspecified atom stereocenters. The lowest BCUT2D eigenvalue weighted by Gasteiger charge is -1.99. The zero-order valence-corrected chi connectivity index (χ0v) is 9.57. The van der Waals surface area contributed by atoms with Gasteiger partial charge in [0.15, 0.2) is 0 Å². The molecule has 0 fully saturated rings. The molecule has 0 aliphatic carbocycles. The zero-order valence-electron chi connectivity index (χ0n) is 9.57. The third-order valence-corrected chi connectivity index (χ3v) is 2.59. The van der Waals surface area contributed by atoms with E-state index in [1.54, 1.807) is 0 Å². The molecule has 0 saturated carbocycles. The van der Waals surface area contributed by atoms with Crippen LogP contribution in [0.3, 0.4) is 0 Å².